The van der Waals surface area contributed by atoms with Gasteiger partial charge in [-0.1, -0.05) is 140 Å². The SMILES string of the molecule is C1=CCC=CC(c2cc(-c3ccccc3)cc(-n3c4ccccc4c4cc5c(cc43)-c3ccccc3C53c4ccccc4Oc4ccccc43)c2)=C1. The van der Waals surface area contributed by atoms with Crippen LogP contribution in [0.3, 0.4) is 0 Å². The van der Waals surface area contributed by atoms with Crippen LogP contribution in [0.25, 0.3) is 55.3 Å². The number of hydrogen-bond donors (Lipinski definition) is 0. The average Bonchev–Trinajstić information content (AvgIpc) is 3.50. The van der Waals surface area contributed by atoms with Gasteiger partial charge in [-0.2, -0.15) is 0 Å². The predicted octanol–water partition coefficient (Wildman–Crippen LogP) is 12.8. The zero-order valence-corrected chi connectivity index (χ0v) is 28.5. The molecule has 0 radical (unpaired) electrons. The van der Waals surface area contributed by atoms with Gasteiger partial charge in [0.1, 0.15) is 11.5 Å². The summed E-state index contributed by atoms with van der Waals surface area (Å²) in [4.78, 5) is 0. The minimum Gasteiger partial charge on any atom is -0.457 e. The second-order valence-electron chi connectivity index (χ2n) is 14.0. The predicted molar refractivity (Wildman–Crippen MR) is 214 cm³/mol. The second-order valence-corrected chi connectivity index (χ2v) is 14.0. The molecule has 0 unspecified atom stereocenters. The molecule has 7 aromatic carbocycles. The van der Waals surface area contributed by atoms with Crippen LogP contribution in [0, 0.1) is 0 Å². The quantitative estimate of drug-likeness (QED) is 0.183. The van der Waals surface area contributed by atoms with E-state index < -0.39 is 5.41 Å². The molecule has 0 fully saturated rings. The van der Waals surface area contributed by atoms with Crippen molar-refractivity contribution in [1.82, 2.24) is 4.57 Å². The van der Waals surface area contributed by atoms with Gasteiger partial charge in [-0.05, 0) is 99.5 Å². The highest BCUT2D eigenvalue weighted by Crippen LogP contribution is 2.62. The highest BCUT2D eigenvalue weighted by atomic mass is 16.5. The lowest BCUT2D eigenvalue weighted by molar-refractivity contribution is 0.436. The fourth-order valence-electron chi connectivity index (χ4n) is 9.07. The summed E-state index contributed by atoms with van der Waals surface area (Å²) < 4.78 is 9.10. The molecule has 0 bridgehead atoms. The van der Waals surface area contributed by atoms with Gasteiger partial charge < -0.3 is 9.30 Å². The van der Waals surface area contributed by atoms with Crippen molar-refractivity contribution in [2.24, 2.45) is 0 Å². The third-order valence-corrected chi connectivity index (χ3v) is 11.2. The van der Waals surface area contributed by atoms with Gasteiger partial charge in [0.05, 0.1) is 16.4 Å². The van der Waals surface area contributed by atoms with Crippen molar-refractivity contribution < 1.29 is 4.74 Å². The van der Waals surface area contributed by atoms with E-state index in [9.17, 15) is 0 Å². The number of para-hydroxylation sites is 3. The van der Waals surface area contributed by atoms with E-state index >= 15 is 0 Å². The summed E-state index contributed by atoms with van der Waals surface area (Å²) in [5.74, 6) is 1.82. The fraction of sp³-hybridized carbons (Fsp3) is 0.0400. The summed E-state index contributed by atoms with van der Waals surface area (Å²) in [5.41, 5.74) is 15.3. The lowest BCUT2D eigenvalue weighted by Crippen LogP contribution is -2.32. The Morgan fingerprint density at radius 2 is 1.17 bits per heavy atom. The van der Waals surface area contributed by atoms with Crippen LogP contribution < -0.4 is 4.74 Å². The van der Waals surface area contributed by atoms with Gasteiger partial charge in [0.2, 0.25) is 0 Å². The number of rotatable bonds is 3. The third kappa shape index (κ3) is 4.06. The first-order valence-electron chi connectivity index (χ1n) is 18.1. The zero-order valence-electron chi connectivity index (χ0n) is 28.5. The molecule has 2 nitrogen and oxygen atoms in total. The molecule has 1 aliphatic heterocycles. The number of aromatic nitrogens is 1. The van der Waals surface area contributed by atoms with Crippen LogP contribution in [0.15, 0.2) is 188 Å². The molecule has 1 aromatic heterocycles. The number of hydrogen-bond acceptors (Lipinski definition) is 1. The first-order valence-corrected chi connectivity index (χ1v) is 18.1. The zero-order chi connectivity index (χ0) is 34.2. The molecule has 0 amide bonds. The minimum absolute atomic E-state index is 0.513. The Kier molecular flexibility index (Phi) is 6.26. The van der Waals surface area contributed by atoms with Gasteiger partial charge >= 0.3 is 0 Å². The summed E-state index contributed by atoms with van der Waals surface area (Å²) in [6, 6.07) is 57.8. The summed E-state index contributed by atoms with van der Waals surface area (Å²) in [6.45, 7) is 0. The van der Waals surface area contributed by atoms with Crippen molar-refractivity contribution in [2.75, 3.05) is 0 Å². The van der Waals surface area contributed by atoms with E-state index in [1.165, 1.54) is 77.5 Å². The molecule has 0 saturated heterocycles. The number of ether oxygens (including phenoxy) is 1. The summed E-state index contributed by atoms with van der Waals surface area (Å²) in [6.07, 6.45) is 12.1. The smallest absolute Gasteiger partial charge is 0.132 e. The first kappa shape index (κ1) is 29.1. The standard InChI is InChI=1S/C50H33NO/c1-2-5-17-33(16-4-1)35-28-36(34-18-6-3-7-19-34)30-37(29-35)51-46-25-13-9-21-39(46)41-31-45-40(32-47(41)51)38-20-8-10-22-42(38)50(45)43-23-11-14-26-48(43)52-49-27-15-12-24-44(49)50/h1,3-32H,2H2. The van der Waals surface area contributed by atoms with Gasteiger partial charge in [-0.15, -0.1) is 0 Å². The second kappa shape index (κ2) is 11.2. The Hall–Kier alpha value is -6.64. The molecule has 11 rings (SSSR count). The van der Waals surface area contributed by atoms with Crippen LogP contribution in [-0.4, -0.2) is 4.57 Å². The average molecular weight is 664 g/mol. The van der Waals surface area contributed by atoms with Crippen molar-refractivity contribution in [3.05, 3.63) is 216 Å². The molecule has 1 spiro atoms. The van der Waals surface area contributed by atoms with E-state index in [-0.39, 0.29) is 0 Å². The van der Waals surface area contributed by atoms with Gasteiger partial charge in [0.15, 0.2) is 0 Å². The van der Waals surface area contributed by atoms with E-state index in [0.717, 1.165) is 23.6 Å². The molecule has 2 heteroatoms. The third-order valence-electron chi connectivity index (χ3n) is 11.2. The Morgan fingerprint density at radius 1 is 0.481 bits per heavy atom. The molecule has 2 heterocycles. The van der Waals surface area contributed by atoms with Gasteiger partial charge in [0.25, 0.3) is 0 Å². The highest BCUT2D eigenvalue weighted by molar-refractivity contribution is 6.12. The Labute approximate surface area is 302 Å². The monoisotopic (exact) mass is 663 g/mol. The van der Waals surface area contributed by atoms with Gasteiger partial charge in [-0.3, -0.25) is 0 Å². The van der Waals surface area contributed by atoms with Gasteiger partial charge in [0, 0.05) is 27.6 Å². The Bertz CT molecular complexity index is 2800. The van der Waals surface area contributed by atoms with E-state index in [1.54, 1.807) is 0 Å². The van der Waals surface area contributed by atoms with Crippen molar-refractivity contribution in [1.29, 1.82) is 0 Å². The normalized spacial score (nSPS) is 14.7. The molecule has 2 aliphatic carbocycles. The largest absolute Gasteiger partial charge is 0.457 e. The van der Waals surface area contributed by atoms with E-state index in [4.69, 9.17) is 4.74 Å². The van der Waals surface area contributed by atoms with Crippen molar-refractivity contribution >= 4 is 27.4 Å². The molecule has 0 atom stereocenters. The summed E-state index contributed by atoms with van der Waals surface area (Å²) >= 11 is 0. The molecule has 8 aromatic rings. The maximum Gasteiger partial charge on any atom is 0.132 e. The highest BCUT2D eigenvalue weighted by Gasteiger charge is 2.51. The van der Waals surface area contributed by atoms with Crippen LogP contribution in [0.2, 0.25) is 0 Å². The maximum atomic E-state index is 6.61. The van der Waals surface area contributed by atoms with E-state index in [1.807, 2.05) is 0 Å². The topological polar surface area (TPSA) is 14.2 Å². The number of allylic oxidation sites excluding steroid dienone is 6. The number of benzene rings is 7. The molecule has 244 valence electrons. The maximum absolute atomic E-state index is 6.61. The van der Waals surface area contributed by atoms with Crippen LogP contribution in [0.5, 0.6) is 11.5 Å². The Balaban J connectivity index is 1.25. The fourth-order valence-corrected chi connectivity index (χ4v) is 9.07. The van der Waals surface area contributed by atoms with E-state index in [0.29, 0.717) is 0 Å². The molecule has 0 N–H and O–H groups in total. The molecular formula is C50H33NO. The van der Waals surface area contributed by atoms with Crippen molar-refractivity contribution in [3.63, 3.8) is 0 Å². The number of fused-ring (bicyclic) bond motifs is 12. The molecule has 3 aliphatic rings. The van der Waals surface area contributed by atoms with Crippen molar-refractivity contribution in [3.8, 4) is 39.4 Å². The first-order chi connectivity index (χ1) is 25.8. The minimum atomic E-state index is -0.513. The Morgan fingerprint density at radius 3 is 2.00 bits per heavy atom. The van der Waals surface area contributed by atoms with Crippen LogP contribution in [0.4, 0.5) is 0 Å². The molecular weight excluding hydrogens is 631 g/mol. The summed E-state index contributed by atoms with van der Waals surface area (Å²) in [7, 11) is 0. The lowest BCUT2D eigenvalue weighted by atomic mass is 9.66. The van der Waals surface area contributed by atoms with Crippen LogP contribution in [0.1, 0.15) is 34.2 Å². The molecule has 52 heavy (non-hydrogen) atoms. The lowest BCUT2D eigenvalue weighted by Gasteiger charge is -2.39. The van der Waals surface area contributed by atoms with Crippen LogP contribution >= 0.6 is 0 Å². The van der Waals surface area contributed by atoms with Gasteiger partial charge in [-0.25, -0.2) is 0 Å². The van der Waals surface area contributed by atoms with E-state index in [2.05, 4.69) is 193 Å². The molecule has 0 saturated carbocycles. The van der Waals surface area contributed by atoms with Crippen LogP contribution in [-0.2, 0) is 5.41 Å². The van der Waals surface area contributed by atoms with Crippen molar-refractivity contribution in [2.45, 2.75) is 11.8 Å². The summed E-state index contributed by atoms with van der Waals surface area (Å²) in [5, 5.41) is 2.48. The number of nitrogens with zero attached hydrogens (tertiary/aromatic N) is 1.